The summed E-state index contributed by atoms with van der Waals surface area (Å²) in [4.78, 5) is 0. The van der Waals surface area contributed by atoms with E-state index in [4.69, 9.17) is 11.1 Å². The van der Waals surface area contributed by atoms with Crippen molar-refractivity contribution >= 4 is 12.3 Å². The van der Waals surface area contributed by atoms with Crippen molar-refractivity contribution < 1.29 is 0 Å². The van der Waals surface area contributed by atoms with Crippen LogP contribution in [0.25, 0.3) is 5.57 Å². The van der Waals surface area contributed by atoms with E-state index < -0.39 is 0 Å². The largest absolute Gasteiger partial charge is 0.330 e. The fraction of sp³-hybridized carbons (Fsp3) is 0.400. The van der Waals surface area contributed by atoms with E-state index >= 15 is 0 Å². The molecule has 0 radical (unpaired) electrons. The van der Waals surface area contributed by atoms with Crippen LogP contribution in [0.4, 0.5) is 0 Å². The Balaban J connectivity index is 0.000000732. The average Bonchev–Trinajstić information content (AvgIpc) is 2.98. The Bertz CT molecular complexity index is 937. The Hall–Kier alpha value is -3.01. The molecule has 4 N–H and O–H groups in total. The maximum absolute atomic E-state index is 5.58. The molecule has 0 spiro atoms. The zero-order valence-corrected chi connectivity index (χ0v) is 24.5. The second-order valence-electron chi connectivity index (χ2n) is 9.06. The van der Waals surface area contributed by atoms with Crippen molar-refractivity contribution in [2.75, 3.05) is 6.54 Å². The normalized spacial score (nSPS) is 12.9. The smallest absolute Gasteiger partial charge is 0.0208 e. The Morgan fingerprint density at radius 3 is 2.32 bits per heavy atom. The topological polar surface area (TPSA) is 61.9 Å². The Morgan fingerprint density at radius 1 is 1.00 bits per heavy atom. The van der Waals surface area contributed by atoms with Crippen LogP contribution < -0.4 is 11.1 Å². The number of rotatable bonds is 12. The lowest BCUT2D eigenvalue weighted by Gasteiger charge is -2.12. The highest BCUT2D eigenvalue weighted by molar-refractivity contribution is 5.75. The molecule has 2 aromatic rings. The van der Waals surface area contributed by atoms with Gasteiger partial charge in [-0.05, 0) is 86.5 Å². The quantitative estimate of drug-likeness (QED) is 0.195. The highest BCUT2D eigenvalue weighted by atomic mass is 14.8. The number of allylic oxidation sites excluding steroid dienone is 7. The molecule has 1 aliphatic carbocycles. The number of nitrogens with one attached hydrogen (secondary N) is 2. The van der Waals surface area contributed by atoms with Crippen molar-refractivity contribution in [2.24, 2.45) is 11.7 Å². The molecule has 0 saturated carbocycles. The lowest BCUT2D eigenvalue weighted by Crippen LogP contribution is -2.12. The highest BCUT2D eigenvalue weighted by Gasteiger charge is 2.05. The summed E-state index contributed by atoms with van der Waals surface area (Å²) in [6, 6.07) is 19.4. The molecule has 0 aliphatic heterocycles. The van der Waals surface area contributed by atoms with Crippen LogP contribution in [0.1, 0.15) is 82.9 Å². The van der Waals surface area contributed by atoms with Crippen molar-refractivity contribution in [3.63, 3.8) is 0 Å². The molecule has 3 heteroatoms. The fourth-order valence-electron chi connectivity index (χ4n) is 3.99. The maximum Gasteiger partial charge on any atom is 0.0208 e. The van der Waals surface area contributed by atoms with Crippen LogP contribution >= 0.6 is 0 Å². The molecule has 0 aromatic heterocycles. The zero-order chi connectivity index (χ0) is 28.4. The van der Waals surface area contributed by atoms with E-state index in [1.165, 1.54) is 47.1 Å². The summed E-state index contributed by atoms with van der Waals surface area (Å²) in [5.74, 6) is 0.707. The fourth-order valence-corrected chi connectivity index (χ4v) is 3.99. The first kappa shape index (κ1) is 35.0. The molecule has 0 saturated heterocycles. The maximum atomic E-state index is 5.58. The van der Waals surface area contributed by atoms with Crippen molar-refractivity contribution in [1.29, 1.82) is 5.41 Å². The first-order valence-electron chi connectivity index (χ1n) is 14.2. The second kappa shape index (κ2) is 24.3. The first-order chi connectivity index (χ1) is 18.7. The Morgan fingerprint density at radius 2 is 1.68 bits per heavy atom. The molecule has 1 unspecified atom stereocenters. The van der Waals surface area contributed by atoms with Gasteiger partial charge >= 0.3 is 0 Å². The summed E-state index contributed by atoms with van der Waals surface area (Å²) in [5.41, 5.74) is 12.4. The van der Waals surface area contributed by atoms with Gasteiger partial charge in [0.1, 0.15) is 0 Å². The van der Waals surface area contributed by atoms with E-state index in [0.29, 0.717) is 5.92 Å². The summed E-state index contributed by atoms with van der Waals surface area (Å²) in [6.07, 6.45) is 17.9. The van der Waals surface area contributed by atoms with Gasteiger partial charge in [-0.25, -0.2) is 0 Å². The van der Waals surface area contributed by atoms with Crippen molar-refractivity contribution in [3.05, 3.63) is 114 Å². The summed E-state index contributed by atoms with van der Waals surface area (Å²) >= 11 is 0. The standard InChI is InChI=1S/C21H23N.C11H21N.C2H6.CH3N/c1-17-7-5-11-20(13-17)21-12-6-10-19(14-21)16-22-15-18-8-3-2-4-9-18;1-3-5-6-7-8-9-11(4-2)10-12;2*1-2/h2-4,6,8-14,22H,5,7,15-16H2,1H3;3,6-7,11H,1,4-5,8-10,12H2,2H3;1-2H3;2H,1H2/b;7-6-;;. The van der Waals surface area contributed by atoms with E-state index in [2.05, 4.69) is 111 Å². The van der Waals surface area contributed by atoms with Crippen LogP contribution in [-0.4, -0.2) is 13.3 Å². The molecule has 38 heavy (non-hydrogen) atoms. The average molecular weight is 516 g/mol. The molecule has 208 valence electrons. The molecule has 2 aromatic carbocycles. The lowest BCUT2D eigenvalue weighted by molar-refractivity contribution is 0.486. The summed E-state index contributed by atoms with van der Waals surface area (Å²) in [5, 5.41) is 9.02. The van der Waals surface area contributed by atoms with E-state index in [1.807, 2.05) is 19.9 Å². The molecule has 0 fully saturated rings. The van der Waals surface area contributed by atoms with Gasteiger partial charge in [0.05, 0.1) is 0 Å². The van der Waals surface area contributed by atoms with E-state index in [9.17, 15) is 0 Å². The summed E-state index contributed by atoms with van der Waals surface area (Å²) in [7, 11) is 0. The van der Waals surface area contributed by atoms with Gasteiger partial charge in [-0.1, -0.05) is 112 Å². The number of benzene rings is 2. The van der Waals surface area contributed by atoms with Crippen LogP contribution in [-0.2, 0) is 13.1 Å². The van der Waals surface area contributed by atoms with Gasteiger partial charge in [0, 0.05) is 13.1 Å². The molecule has 1 aliphatic rings. The zero-order valence-electron chi connectivity index (χ0n) is 24.5. The minimum atomic E-state index is 0.707. The molecular weight excluding hydrogens is 462 g/mol. The Kier molecular flexibility index (Phi) is 22.4. The highest BCUT2D eigenvalue weighted by Crippen LogP contribution is 2.25. The third kappa shape index (κ3) is 16.0. The molecule has 1 atom stereocenters. The number of hydrogen-bond acceptors (Lipinski definition) is 3. The number of hydrogen-bond donors (Lipinski definition) is 3. The van der Waals surface area contributed by atoms with Gasteiger partial charge in [-0.3, -0.25) is 0 Å². The van der Waals surface area contributed by atoms with Crippen LogP contribution in [0, 0.1) is 11.3 Å². The van der Waals surface area contributed by atoms with E-state index in [1.54, 1.807) is 0 Å². The van der Waals surface area contributed by atoms with Crippen LogP contribution in [0.3, 0.4) is 0 Å². The van der Waals surface area contributed by atoms with Crippen molar-refractivity contribution in [3.8, 4) is 0 Å². The van der Waals surface area contributed by atoms with Gasteiger partial charge < -0.3 is 16.5 Å². The molecule has 3 rings (SSSR count). The molecule has 0 amide bonds. The van der Waals surface area contributed by atoms with E-state index in [-0.39, 0.29) is 0 Å². The first-order valence-corrected chi connectivity index (χ1v) is 14.2. The molecule has 0 bridgehead atoms. The summed E-state index contributed by atoms with van der Waals surface area (Å²) in [6.45, 7) is 17.2. The van der Waals surface area contributed by atoms with Gasteiger partial charge in [0.25, 0.3) is 0 Å². The minimum Gasteiger partial charge on any atom is -0.330 e. The second-order valence-corrected chi connectivity index (χ2v) is 9.06. The Labute approximate surface area is 234 Å². The minimum absolute atomic E-state index is 0.707. The van der Waals surface area contributed by atoms with Gasteiger partial charge in [-0.15, -0.1) is 6.58 Å². The van der Waals surface area contributed by atoms with Gasteiger partial charge in [-0.2, -0.15) is 0 Å². The number of nitrogens with two attached hydrogens (primary N) is 1. The predicted molar refractivity (Wildman–Crippen MR) is 172 cm³/mol. The third-order valence-electron chi connectivity index (χ3n) is 6.19. The van der Waals surface area contributed by atoms with Crippen LogP contribution in [0.2, 0.25) is 0 Å². The lowest BCUT2D eigenvalue weighted by atomic mass is 9.94. The van der Waals surface area contributed by atoms with Crippen molar-refractivity contribution in [1.82, 2.24) is 5.32 Å². The monoisotopic (exact) mass is 515 g/mol. The predicted octanol–water partition coefficient (Wildman–Crippen LogP) is 9.28. The van der Waals surface area contributed by atoms with Gasteiger partial charge in [0.15, 0.2) is 0 Å². The third-order valence-corrected chi connectivity index (χ3v) is 6.19. The molecular formula is C35H53N3. The summed E-state index contributed by atoms with van der Waals surface area (Å²) < 4.78 is 0. The molecule has 0 heterocycles. The van der Waals surface area contributed by atoms with Crippen LogP contribution in [0.5, 0.6) is 0 Å². The van der Waals surface area contributed by atoms with Gasteiger partial charge in [0.2, 0.25) is 0 Å². The van der Waals surface area contributed by atoms with Crippen LogP contribution in [0.15, 0.2) is 97.1 Å². The SMILES string of the molecule is C=CC/C=C\CCC(CC)CN.C=N.CC.CC1=CC(c2cccc(CNCc3ccccc3)c2)=CCC1. The van der Waals surface area contributed by atoms with E-state index in [0.717, 1.165) is 38.9 Å². The molecule has 3 nitrogen and oxygen atoms in total. The van der Waals surface area contributed by atoms with Crippen molar-refractivity contribution in [2.45, 2.75) is 79.3 Å².